The Balaban J connectivity index is 1.80. The first-order valence-corrected chi connectivity index (χ1v) is 7.03. The minimum Gasteiger partial charge on any atom is -0.302 e. The molecule has 2 rings (SSSR count). The fraction of sp³-hybridized carbons (Fsp3) is 0.286. The molecule has 2 aromatic rings. The molecule has 1 atom stereocenters. The number of amides is 1. The number of nitrogens with one attached hydrogen (secondary N) is 2. The Morgan fingerprint density at radius 3 is 2.74 bits per heavy atom. The molecule has 1 heterocycles. The van der Waals surface area contributed by atoms with Crippen molar-refractivity contribution < 1.29 is 4.79 Å². The van der Waals surface area contributed by atoms with Crippen LogP contribution in [0.25, 0.3) is 0 Å². The van der Waals surface area contributed by atoms with Crippen molar-refractivity contribution in [2.45, 2.75) is 19.9 Å². The number of nitrogens with zero attached hydrogens (tertiary/aromatic N) is 1. The molecule has 0 spiro atoms. The molecule has 0 bridgehead atoms. The highest BCUT2D eigenvalue weighted by Crippen LogP contribution is 2.14. The van der Waals surface area contributed by atoms with E-state index in [1.54, 1.807) is 0 Å². The molecule has 1 unspecified atom stereocenters. The van der Waals surface area contributed by atoms with E-state index in [9.17, 15) is 4.79 Å². The minimum atomic E-state index is -0.0721. The van der Waals surface area contributed by atoms with E-state index >= 15 is 0 Å². The molecule has 0 saturated carbocycles. The third-order valence-electron chi connectivity index (χ3n) is 2.73. The van der Waals surface area contributed by atoms with Gasteiger partial charge in [-0.1, -0.05) is 30.3 Å². The van der Waals surface area contributed by atoms with Crippen LogP contribution < -0.4 is 10.6 Å². The summed E-state index contributed by atoms with van der Waals surface area (Å²) in [5.74, 6) is -0.0721. The summed E-state index contributed by atoms with van der Waals surface area (Å²) in [5, 5.41) is 8.53. The quantitative estimate of drug-likeness (QED) is 0.882. The van der Waals surface area contributed by atoms with Gasteiger partial charge in [-0.25, -0.2) is 4.98 Å². The Hall–Kier alpha value is -1.72. The molecule has 4 nitrogen and oxygen atoms in total. The standard InChI is InChI=1S/C14H17N3OS/c1-10-9-19-14(16-10)17-13(18)8-15-11(2)12-6-4-3-5-7-12/h3-7,9,11,15H,8H2,1-2H3,(H,16,17,18). The summed E-state index contributed by atoms with van der Waals surface area (Å²) >= 11 is 1.44. The van der Waals surface area contributed by atoms with Crippen molar-refractivity contribution in [1.82, 2.24) is 10.3 Å². The molecule has 0 aliphatic rings. The van der Waals surface area contributed by atoms with Crippen LogP contribution in [0.2, 0.25) is 0 Å². The van der Waals surface area contributed by atoms with Crippen LogP contribution >= 0.6 is 11.3 Å². The molecule has 1 amide bonds. The maximum absolute atomic E-state index is 11.8. The lowest BCUT2D eigenvalue weighted by Gasteiger charge is -2.13. The average Bonchev–Trinajstić information content (AvgIpc) is 2.82. The first kappa shape index (κ1) is 13.7. The molecule has 1 aromatic heterocycles. The number of benzene rings is 1. The first-order chi connectivity index (χ1) is 9.15. The maximum atomic E-state index is 11.8. The summed E-state index contributed by atoms with van der Waals surface area (Å²) in [7, 11) is 0. The topological polar surface area (TPSA) is 54.0 Å². The molecule has 0 fully saturated rings. The lowest BCUT2D eigenvalue weighted by atomic mass is 10.1. The van der Waals surface area contributed by atoms with Crippen molar-refractivity contribution in [1.29, 1.82) is 0 Å². The number of aryl methyl sites for hydroxylation is 1. The molecule has 1 aromatic carbocycles. The van der Waals surface area contributed by atoms with Gasteiger partial charge in [0.2, 0.25) is 5.91 Å². The number of carbonyl (C=O) groups is 1. The largest absolute Gasteiger partial charge is 0.302 e. The molecule has 2 N–H and O–H groups in total. The zero-order chi connectivity index (χ0) is 13.7. The van der Waals surface area contributed by atoms with Gasteiger partial charge >= 0.3 is 0 Å². The highest BCUT2D eigenvalue weighted by molar-refractivity contribution is 7.13. The highest BCUT2D eigenvalue weighted by atomic mass is 32.1. The number of anilines is 1. The van der Waals surface area contributed by atoms with E-state index in [1.807, 2.05) is 49.6 Å². The van der Waals surface area contributed by atoms with Crippen LogP contribution in [0.5, 0.6) is 0 Å². The van der Waals surface area contributed by atoms with E-state index in [1.165, 1.54) is 16.9 Å². The molecule has 0 aliphatic heterocycles. The maximum Gasteiger partial charge on any atom is 0.240 e. The van der Waals surface area contributed by atoms with Gasteiger partial charge in [-0.2, -0.15) is 0 Å². The Morgan fingerprint density at radius 1 is 1.37 bits per heavy atom. The van der Waals surface area contributed by atoms with E-state index in [0.29, 0.717) is 5.13 Å². The molecule has 0 saturated heterocycles. The third kappa shape index (κ3) is 4.15. The van der Waals surface area contributed by atoms with Crippen molar-refractivity contribution in [2.75, 3.05) is 11.9 Å². The summed E-state index contributed by atoms with van der Waals surface area (Å²) in [6, 6.07) is 10.2. The van der Waals surface area contributed by atoms with Crippen molar-refractivity contribution in [3.05, 3.63) is 47.0 Å². The van der Waals surface area contributed by atoms with Crippen LogP contribution in [0.15, 0.2) is 35.7 Å². The van der Waals surface area contributed by atoms with Gasteiger partial charge in [-0.05, 0) is 19.4 Å². The third-order valence-corrected chi connectivity index (χ3v) is 3.61. The van der Waals surface area contributed by atoms with E-state index < -0.39 is 0 Å². The van der Waals surface area contributed by atoms with Gasteiger partial charge in [-0.15, -0.1) is 11.3 Å². The van der Waals surface area contributed by atoms with E-state index in [0.717, 1.165) is 5.69 Å². The van der Waals surface area contributed by atoms with Crippen LogP contribution in [0, 0.1) is 6.92 Å². The van der Waals surface area contributed by atoms with Gasteiger partial charge in [0, 0.05) is 11.4 Å². The average molecular weight is 275 g/mol. The Bertz CT molecular complexity index is 539. The van der Waals surface area contributed by atoms with Crippen molar-refractivity contribution in [3.63, 3.8) is 0 Å². The number of rotatable bonds is 5. The van der Waals surface area contributed by atoms with Gasteiger partial charge in [0.25, 0.3) is 0 Å². The number of aromatic nitrogens is 1. The van der Waals surface area contributed by atoms with Crippen molar-refractivity contribution in [2.24, 2.45) is 0 Å². The fourth-order valence-electron chi connectivity index (χ4n) is 1.68. The lowest BCUT2D eigenvalue weighted by Crippen LogP contribution is -2.30. The van der Waals surface area contributed by atoms with Crippen LogP contribution in [0.1, 0.15) is 24.2 Å². The van der Waals surface area contributed by atoms with E-state index in [2.05, 4.69) is 15.6 Å². The number of carbonyl (C=O) groups excluding carboxylic acids is 1. The monoisotopic (exact) mass is 275 g/mol. The Kier molecular flexibility index (Phi) is 4.65. The molecule has 0 radical (unpaired) electrons. The lowest BCUT2D eigenvalue weighted by molar-refractivity contribution is -0.115. The zero-order valence-electron chi connectivity index (χ0n) is 11.0. The van der Waals surface area contributed by atoms with Crippen molar-refractivity contribution in [3.8, 4) is 0 Å². The molecule has 5 heteroatoms. The van der Waals surface area contributed by atoms with Gasteiger partial charge in [0.05, 0.1) is 12.2 Å². The second kappa shape index (κ2) is 6.45. The zero-order valence-corrected chi connectivity index (χ0v) is 11.8. The second-order valence-corrected chi connectivity index (χ2v) is 5.21. The Morgan fingerprint density at radius 2 is 2.11 bits per heavy atom. The predicted octanol–water partition coefficient (Wildman–Crippen LogP) is 2.74. The summed E-state index contributed by atoms with van der Waals surface area (Å²) in [4.78, 5) is 15.9. The normalized spacial score (nSPS) is 12.1. The molecular formula is C14H17N3OS. The molecule has 0 aliphatic carbocycles. The predicted molar refractivity (Wildman–Crippen MR) is 78.3 cm³/mol. The first-order valence-electron chi connectivity index (χ1n) is 6.15. The SMILES string of the molecule is Cc1csc(NC(=O)CNC(C)c2ccccc2)n1. The van der Waals surface area contributed by atoms with Gasteiger partial charge in [-0.3, -0.25) is 4.79 Å². The summed E-state index contributed by atoms with van der Waals surface area (Å²) in [5.41, 5.74) is 2.09. The van der Waals surface area contributed by atoms with Gasteiger partial charge < -0.3 is 10.6 Å². The number of thiazole rings is 1. The van der Waals surface area contributed by atoms with Crippen LogP contribution in [-0.4, -0.2) is 17.4 Å². The fourth-order valence-corrected chi connectivity index (χ4v) is 2.38. The van der Waals surface area contributed by atoms with Crippen molar-refractivity contribution >= 4 is 22.4 Å². The summed E-state index contributed by atoms with van der Waals surface area (Å²) in [6.45, 7) is 4.22. The van der Waals surface area contributed by atoms with E-state index in [4.69, 9.17) is 0 Å². The molecular weight excluding hydrogens is 258 g/mol. The molecule has 100 valence electrons. The summed E-state index contributed by atoms with van der Waals surface area (Å²) in [6.07, 6.45) is 0. The highest BCUT2D eigenvalue weighted by Gasteiger charge is 2.08. The van der Waals surface area contributed by atoms with Crippen LogP contribution in [0.3, 0.4) is 0 Å². The second-order valence-electron chi connectivity index (χ2n) is 4.36. The van der Waals surface area contributed by atoms with Gasteiger partial charge in [0.15, 0.2) is 5.13 Å². The summed E-state index contributed by atoms with van der Waals surface area (Å²) < 4.78 is 0. The van der Waals surface area contributed by atoms with Crippen LogP contribution in [0.4, 0.5) is 5.13 Å². The number of hydrogen-bond acceptors (Lipinski definition) is 4. The minimum absolute atomic E-state index is 0.0721. The smallest absolute Gasteiger partial charge is 0.240 e. The van der Waals surface area contributed by atoms with Gasteiger partial charge in [0.1, 0.15) is 0 Å². The molecule has 19 heavy (non-hydrogen) atoms. The van der Waals surface area contributed by atoms with Crippen LogP contribution in [-0.2, 0) is 4.79 Å². The Labute approximate surface area is 116 Å². The van der Waals surface area contributed by atoms with E-state index in [-0.39, 0.29) is 18.5 Å². The number of hydrogen-bond donors (Lipinski definition) is 2.